The van der Waals surface area contributed by atoms with Gasteiger partial charge in [-0.25, -0.2) is 0 Å². The van der Waals surface area contributed by atoms with E-state index in [1.54, 1.807) is 18.2 Å². The molecule has 0 fully saturated rings. The summed E-state index contributed by atoms with van der Waals surface area (Å²) in [6, 6.07) is 9.37. The molecule has 6 nitrogen and oxygen atoms in total. The van der Waals surface area contributed by atoms with E-state index in [0.717, 1.165) is 5.56 Å². The molecule has 0 aliphatic carbocycles. The lowest BCUT2D eigenvalue weighted by Crippen LogP contribution is -2.29. The number of carbonyl (C=O) groups is 1. The molecule has 1 aliphatic heterocycles. The van der Waals surface area contributed by atoms with Crippen molar-refractivity contribution in [2.75, 3.05) is 18.6 Å². The number of hydrogen-bond donors (Lipinski definition) is 0. The molecule has 23 heavy (non-hydrogen) atoms. The minimum atomic E-state index is -0.471. The summed E-state index contributed by atoms with van der Waals surface area (Å²) in [6.07, 6.45) is 0.655. The van der Waals surface area contributed by atoms with E-state index in [-0.39, 0.29) is 11.6 Å². The molecule has 0 saturated heterocycles. The van der Waals surface area contributed by atoms with E-state index in [4.69, 9.17) is 16.3 Å². The Hall–Kier alpha value is -2.60. The van der Waals surface area contributed by atoms with Gasteiger partial charge in [0.25, 0.3) is 11.6 Å². The fourth-order valence-electron chi connectivity index (χ4n) is 2.68. The van der Waals surface area contributed by atoms with Crippen LogP contribution in [0.5, 0.6) is 5.75 Å². The minimum Gasteiger partial charge on any atom is -0.496 e. The monoisotopic (exact) mass is 332 g/mol. The molecule has 2 aromatic rings. The molecule has 1 heterocycles. The highest BCUT2D eigenvalue weighted by atomic mass is 35.5. The van der Waals surface area contributed by atoms with Gasteiger partial charge in [-0.15, -0.1) is 0 Å². The van der Waals surface area contributed by atoms with Crippen LogP contribution < -0.4 is 9.64 Å². The zero-order valence-electron chi connectivity index (χ0n) is 12.3. The Morgan fingerprint density at radius 1 is 1.30 bits per heavy atom. The molecule has 3 rings (SSSR count). The summed E-state index contributed by atoms with van der Waals surface area (Å²) in [5.41, 5.74) is 1.76. The number of methoxy groups -OCH3 is 1. The summed E-state index contributed by atoms with van der Waals surface area (Å²) in [4.78, 5) is 24.9. The molecule has 0 unspecified atom stereocenters. The van der Waals surface area contributed by atoms with Crippen LogP contribution in [0.25, 0.3) is 0 Å². The van der Waals surface area contributed by atoms with E-state index in [2.05, 4.69) is 0 Å². The number of nitrogens with zero attached hydrogens (tertiary/aromatic N) is 2. The third-order valence-corrected chi connectivity index (χ3v) is 4.05. The van der Waals surface area contributed by atoms with Crippen LogP contribution in [0.3, 0.4) is 0 Å². The Labute approximate surface area is 137 Å². The highest BCUT2D eigenvalue weighted by Gasteiger charge is 2.29. The van der Waals surface area contributed by atoms with Gasteiger partial charge in [0.1, 0.15) is 5.75 Å². The number of anilines is 1. The number of nitro groups is 1. The second-order valence-electron chi connectivity index (χ2n) is 5.12. The maximum Gasteiger partial charge on any atom is 0.271 e. The fraction of sp³-hybridized carbons (Fsp3) is 0.188. The van der Waals surface area contributed by atoms with E-state index in [0.29, 0.717) is 35.0 Å². The molecule has 2 aromatic carbocycles. The van der Waals surface area contributed by atoms with E-state index < -0.39 is 4.92 Å². The van der Waals surface area contributed by atoms with E-state index in [9.17, 15) is 14.9 Å². The highest BCUT2D eigenvalue weighted by Crippen LogP contribution is 2.34. The van der Waals surface area contributed by atoms with Crippen LogP contribution in [0, 0.1) is 10.1 Å². The summed E-state index contributed by atoms with van der Waals surface area (Å²) >= 11 is 5.98. The number of ether oxygens (including phenoxy) is 1. The number of non-ortho nitro benzene ring substituents is 1. The Bertz CT molecular complexity index is 807. The molecule has 0 bridgehead atoms. The topological polar surface area (TPSA) is 72.7 Å². The van der Waals surface area contributed by atoms with Gasteiger partial charge in [0.05, 0.1) is 23.3 Å². The van der Waals surface area contributed by atoms with Crippen molar-refractivity contribution in [1.82, 2.24) is 0 Å². The van der Waals surface area contributed by atoms with Gasteiger partial charge in [-0.3, -0.25) is 14.9 Å². The maximum atomic E-state index is 12.8. The van der Waals surface area contributed by atoms with Crippen LogP contribution in [0.15, 0.2) is 36.4 Å². The van der Waals surface area contributed by atoms with Gasteiger partial charge in [-0.05, 0) is 30.2 Å². The first-order chi connectivity index (χ1) is 11.0. The smallest absolute Gasteiger partial charge is 0.271 e. The third-order valence-electron chi connectivity index (χ3n) is 3.81. The number of hydrogen-bond acceptors (Lipinski definition) is 4. The lowest BCUT2D eigenvalue weighted by atomic mass is 10.1. The Kier molecular flexibility index (Phi) is 3.92. The number of nitro benzene ring substituents is 1. The molecule has 7 heteroatoms. The molecule has 0 radical (unpaired) electrons. The lowest BCUT2D eigenvalue weighted by molar-refractivity contribution is -0.384. The van der Waals surface area contributed by atoms with Crippen molar-refractivity contribution in [3.8, 4) is 5.75 Å². The highest BCUT2D eigenvalue weighted by molar-refractivity contribution is 6.31. The normalized spacial score (nSPS) is 12.9. The maximum absolute atomic E-state index is 12.8. The van der Waals surface area contributed by atoms with Crippen LogP contribution in [0.4, 0.5) is 11.4 Å². The van der Waals surface area contributed by atoms with Crippen molar-refractivity contribution in [3.63, 3.8) is 0 Å². The molecule has 0 atom stereocenters. The number of fused-ring (bicyclic) bond motifs is 1. The molecule has 0 spiro atoms. The van der Waals surface area contributed by atoms with Crippen molar-refractivity contribution in [1.29, 1.82) is 0 Å². The Balaban J connectivity index is 2.02. The number of benzene rings is 2. The predicted molar refractivity (Wildman–Crippen MR) is 86.5 cm³/mol. The van der Waals surface area contributed by atoms with Gasteiger partial charge in [-0.2, -0.15) is 0 Å². The number of amides is 1. The van der Waals surface area contributed by atoms with Crippen molar-refractivity contribution in [2.45, 2.75) is 6.42 Å². The van der Waals surface area contributed by atoms with Crippen molar-refractivity contribution >= 4 is 28.9 Å². The largest absolute Gasteiger partial charge is 0.496 e. The summed E-state index contributed by atoms with van der Waals surface area (Å²) in [5, 5.41) is 11.4. The predicted octanol–water partition coefficient (Wildman–Crippen LogP) is 3.46. The summed E-state index contributed by atoms with van der Waals surface area (Å²) in [6.45, 7) is 0.463. The first-order valence-electron chi connectivity index (χ1n) is 6.94. The van der Waals surface area contributed by atoms with Crippen LogP contribution >= 0.6 is 11.6 Å². The average Bonchev–Trinajstić information content (AvgIpc) is 2.97. The quantitative estimate of drug-likeness (QED) is 0.637. The second-order valence-corrected chi connectivity index (χ2v) is 5.56. The zero-order valence-corrected chi connectivity index (χ0v) is 13.0. The van der Waals surface area contributed by atoms with E-state index in [1.165, 1.54) is 30.2 Å². The summed E-state index contributed by atoms with van der Waals surface area (Å²) < 4.78 is 5.22. The van der Waals surface area contributed by atoms with Gasteiger partial charge >= 0.3 is 0 Å². The summed E-state index contributed by atoms with van der Waals surface area (Å²) in [5.74, 6) is 0.127. The molecule has 0 saturated carbocycles. The van der Waals surface area contributed by atoms with Crippen molar-refractivity contribution in [3.05, 3.63) is 62.7 Å². The molecular weight excluding hydrogens is 320 g/mol. The molecule has 0 N–H and O–H groups in total. The van der Waals surface area contributed by atoms with Crippen molar-refractivity contribution in [2.24, 2.45) is 0 Å². The van der Waals surface area contributed by atoms with Gasteiger partial charge < -0.3 is 9.64 Å². The van der Waals surface area contributed by atoms with Crippen LogP contribution in [0.2, 0.25) is 5.02 Å². The van der Waals surface area contributed by atoms with Gasteiger partial charge in [-0.1, -0.05) is 17.7 Å². The van der Waals surface area contributed by atoms with E-state index >= 15 is 0 Å². The van der Waals surface area contributed by atoms with Crippen molar-refractivity contribution < 1.29 is 14.5 Å². The molecule has 1 amide bonds. The van der Waals surface area contributed by atoms with E-state index in [1.807, 2.05) is 0 Å². The SMILES string of the molecule is COc1ccc(Cl)cc1C(=O)N1CCc2ccc([N+](=O)[O-])cc21. The number of halogens is 1. The lowest BCUT2D eigenvalue weighted by Gasteiger charge is -2.19. The van der Waals surface area contributed by atoms with Gasteiger partial charge in [0.15, 0.2) is 0 Å². The standard InChI is InChI=1S/C16H13ClN2O4/c1-23-15-5-3-11(17)8-13(15)16(20)18-7-6-10-2-4-12(19(21)22)9-14(10)18/h2-5,8-9H,6-7H2,1H3. The fourth-order valence-corrected chi connectivity index (χ4v) is 2.86. The Morgan fingerprint density at radius 3 is 2.78 bits per heavy atom. The molecule has 1 aliphatic rings. The molecular formula is C16H13ClN2O4. The van der Waals surface area contributed by atoms with Gasteiger partial charge in [0, 0.05) is 23.7 Å². The zero-order chi connectivity index (χ0) is 16.6. The van der Waals surface area contributed by atoms with Crippen LogP contribution in [0.1, 0.15) is 15.9 Å². The first kappa shape index (κ1) is 15.3. The van der Waals surface area contributed by atoms with Gasteiger partial charge in [0.2, 0.25) is 0 Å². The summed E-state index contributed by atoms with van der Waals surface area (Å²) in [7, 11) is 1.47. The first-order valence-corrected chi connectivity index (χ1v) is 7.32. The third kappa shape index (κ3) is 2.73. The Morgan fingerprint density at radius 2 is 2.09 bits per heavy atom. The number of rotatable bonds is 3. The molecule has 118 valence electrons. The molecule has 0 aromatic heterocycles. The van der Waals surface area contributed by atoms with Crippen LogP contribution in [-0.2, 0) is 6.42 Å². The minimum absolute atomic E-state index is 0.0403. The average molecular weight is 333 g/mol. The number of carbonyl (C=O) groups excluding carboxylic acids is 1. The van der Waals surface area contributed by atoms with Crippen LogP contribution in [-0.4, -0.2) is 24.5 Å². The second kappa shape index (κ2) is 5.89.